The lowest BCUT2D eigenvalue weighted by molar-refractivity contribution is 0.0499. The highest BCUT2D eigenvalue weighted by Gasteiger charge is 2.09. The average molecular weight is 404 g/mol. The number of methoxy groups -OCH3 is 1. The highest BCUT2D eigenvalue weighted by Crippen LogP contribution is 2.24. The Morgan fingerprint density at radius 3 is 2.30 bits per heavy atom. The van der Waals surface area contributed by atoms with Crippen LogP contribution in [0.4, 0.5) is 0 Å². The number of hydrogen-bond donors (Lipinski definition) is 0. The van der Waals surface area contributed by atoms with Crippen molar-refractivity contribution in [2.24, 2.45) is 0 Å². The van der Waals surface area contributed by atoms with Crippen LogP contribution in [-0.4, -0.2) is 25.5 Å². The number of hydrogen-bond acceptors (Lipinski definition) is 5. The van der Waals surface area contributed by atoms with Gasteiger partial charge in [-0.3, -0.25) is 4.79 Å². The van der Waals surface area contributed by atoms with Crippen LogP contribution in [0.3, 0.4) is 0 Å². The SMILES string of the molecule is CCCCOC(=O)c1ccc(-c2ccc(/C=C/C(=O)c3ccc(OC)cc3)o2)cc1. The summed E-state index contributed by atoms with van der Waals surface area (Å²) >= 11 is 0. The van der Waals surface area contributed by atoms with E-state index in [2.05, 4.69) is 0 Å². The molecule has 0 saturated heterocycles. The van der Waals surface area contributed by atoms with E-state index in [0.29, 0.717) is 35.0 Å². The zero-order valence-corrected chi connectivity index (χ0v) is 17.1. The number of carbonyl (C=O) groups is 2. The first-order chi connectivity index (χ1) is 14.6. The molecule has 0 saturated carbocycles. The minimum atomic E-state index is -0.324. The second-order valence-corrected chi connectivity index (χ2v) is 6.69. The summed E-state index contributed by atoms with van der Waals surface area (Å²) in [6, 6.07) is 17.6. The summed E-state index contributed by atoms with van der Waals surface area (Å²) in [6.45, 7) is 2.48. The third kappa shape index (κ3) is 5.47. The summed E-state index contributed by atoms with van der Waals surface area (Å²) in [4.78, 5) is 24.3. The number of allylic oxidation sites excluding steroid dienone is 1. The molecule has 3 rings (SSSR count). The summed E-state index contributed by atoms with van der Waals surface area (Å²) in [5.41, 5.74) is 1.91. The van der Waals surface area contributed by atoms with Crippen LogP contribution in [0.2, 0.25) is 0 Å². The highest BCUT2D eigenvalue weighted by atomic mass is 16.5. The Hall–Kier alpha value is -3.60. The number of ketones is 1. The minimum absolute atomic E-state index is 0.124. The normalized spacial score (nSPS) is 10.9. The Labute approximate surface area is 175 Å². The van der Waals surface area contributed by atoms with Crippen molar-refractivity contribution in [1.82, 2.24) is 0 Å². The van der Waals surface area contributed by atoms with E-state index in [9.17, 15) is 9.59 Å². The van der Waals surface area contributed by atoms with Crippen molar-refractivity contribution >= 4 is 17.8 Å². The van der Waals surface area contributed by atoms with Crippen LogP contribution in [0, 0.1) is 0 Å². The molecule has 0 spiro atoms. The van der Waals surface area contributed by atoms with Gasteiger partial charge in [0.05, 0.1) is 19.3 Å². The van der Waals surface area contributed by atoms with Crippen molar-refractivity contribution in [2.75, 3.05) is 13.7 Å². The number of furan rings is 1. The van der Waals surface area contributed by atoms with Gasteiger partial charge in [0.15, 0.2) is 5.78 Å². The van der Waals surface area contributed by atoms with Gasteiger partial charge in [0.25, 0.3) is 0 Å². The van der Waals surface area contributed by atoms with E-state index in [-0.39, 0.29) is 11.8 Å². The molecule has 0 atom stereocenters. The largest absolute Gasteiger partial charge is 0.497 e. The van der Waals surface area contributed by atoms with Crippen LogP contribution in [0.5, 0.6) is 5.75 Å². The maximum absolute atomic E-state index is 12.3. The van der Waals surface area contributed by atoms with E-state index in [0.717, 1.165) is 18.4 Å². The number of esters is 1. The molecule has 30 heavy (non-hydrogen) atoms. The Balaban J connectivity index is 1.63. The molecule has 154 valence electrons. The molecular weight excluding hydrogens is 380 g/mol. The van der Waals surface area contributed by atoms with E-state index in [1.54, 1.807) is 55.7 Å². The molecule has 0 amide bonds. The Morgan fingerprint density at radius 2 is 1.63 bits per heavy atom. The van der Waals surface area contributed by atoms with Gasteiger partial charge in [0.1, 0.15) is 17.3 Å². The fourth-order valence-electron chi connectivity index (χ4n) is 2.77. The van der Waals surface area contributed by atoms with Crippen molar-refractivity contribution in [1.29, 1.82) is 0 Å². The second-order valence-electron chi connectivity index (χ2n) is 6.69. The van der Waals surface area contributed by atoms with Crippen molar-refractivity contribution in [3.05, 3.63) is 83.6 Å². The van der Waals surface area contributed by atoms with Gasteiger partial charge in [-0.25, -0.2) is 4.79 Å². The van der Waals surface area contributed by atoms with Crippen LogP contribution in [0.1, 0.15) is 46.2 Å². The maximum Gasteiger partial charge on any atom is 0.338 e. The van der Waals surface area contributed by atoms with Crippen molar-refractivity contribution < 1.29 is 23.5 Å². The van der Waals surface area contributed by atoms with Crippen LogP contribution in [0.25, 0.3) is 17.4 Å². The zero-order chi connectivity index (χ0) is 21.3. The summed E-state index contributed by atoms with van der Waals surface area (Å²) in [5.74, 6) is 1.47. The molecule has 1 heterocycles. The molecule has 0 bridgehead atoms. The topological polar surface area (TPSA) is 65.7 Å². The molecule has 5 heteroatoms. The lowest BCUT2D eigenvalue weighted by Crippen LogP contribution is -2.05. The molecule has 0 aliphatic rings. The molecule has 0 N–H and O–H groups in total. The first-order valence-corrected chi connectivity index (χ1v) is 9.84. The molecule has 3 aromatic rings. The van der Waals surface area contributed by atoms with Gasteiger partial charge in [-0.1, -0.05) is 25.5 Å². The lowest BCUT2D eigenvalue weighted by atomic mass is 10.1. The van der Waals surface area contributed by atoms with Crippen molar-refractivity contribution in [2.45, 2.75) is 19.8 Å². The van der Waals surface area contributed by atoms with E-state index < -0.39 is 0 Å². The number of carbonyl (C=O) groups excluding carboxylic acids is 2. The number of rotatable bonds is 9. The predicted molar refractivity (Wildman–Crippen MR) is 116 cm³/mol. The van der Waals surface area contributed by atoms with E-state index in [1.807, 2.05) is 25.1 Å². The van der Waals surface area contributed by atoms with Crippen LogP contribution in [0.15, 0.2) is 71.2 Å². The standard InChI is InChI=1S/C25H24O5/c1-3-4-17-29-25(27)20-7-5-19(6-8-20)24-16-14-22(30-24)13-15-23(26)18-9-11-21(28-2)12-10-18/h5-16H,3-4,17H2,1-2H3/b15-13+. The minimum Gasteiger partial charge on any atom is -0.497 e. The van der Waals surface area contributed by atoms with Crippen molar-refractivity contribution in [3.63, 3.8) is 0 Å². The molecule has 0 aliphatic carbocycles. The van der Waals surface area contributed by atoms with Gasteiger partial charge in [-0.2, -0.15) is 0 Å². The van der Waals surface area contributed by atoms with Gasteiger partial charge in [-0.15, -0.1) is 0 Å². The third-order valence-electron chi connectivity index (χ3n) is 4.54. The number of benzene rings is 2. The summed E-state index contributed by atoms with van der Waals surface area (Å²) < 4.78 is 16.1. The molecule has 5 nitrogen and oxygen atoms in total. The Kier molecular flexibility index (Phi) is 7.22. The van der Waals surface area contributed by atoms with Gasteiger partial charge >= 0.3 is 5.97 Å². The first-order valence-electron chi connectivity index (χ1n) is 9.84. The maximum atomic E-state index is 12.3. The molecule has 1 aromatic heterocycles. The zero-order valence-electron chi connectivity index (χ0n) is 17.1. The highest BCUT2D eigenvalue weighted by molar-refractivity contribution is 6.06. The van der Waals surface area contributed by atoms with E-state index in [4.69, 9.17) is 13.9 Å². The molecule has 0 radical (unpaired) electrons. The quantitative estimate of drug-likeness (QED) is 0.195. The summed E-state index contributed by atoms with van der Waals surface area (Å²) in [6.07, 6.45) is 4.94. The molecule has 0 aliphatic heterocycles. The third-order valence-corrected chi connectivity index (χ3v) is 4.54. The second kappa shape index (κ2) is 10.3. The number of ether oxygens (including phenoxy) is 2. The van der Waals surface area contributed by atoms with E-state index in [1.165, 1.54) is 6.08 Å². The number of unbranched alkanes of at least 4 members (excludes halogenated alkanes) is 1. The van der Waals surface area contributed by atoms with Crippen molar-refractivity contribution in [3.8, 4) is 17.1 Å². The average Bonchev–Trinajstić information content (AvgIpc) is 3.27. The van der Waals surface area contributed by atoms with Crippen LogP contribution in [-0.2, 0) is 4.74 Å². The first kappa shape index (κ1) is 21.1. The van der Waals surface area contributed by atoms with Gasteiger partial charge in [0, 0.05) is 11.1 Å². The fourth-order valence-corrected chi connectivity index (χ4v) is 2.77. The fraction of sp³-hybridized carbons (Fsp3) is 0.200. The monoisotopic (exact) mass is 404 g/mol. The van der Waals surface area contributed by atoms with Gasteiger partial charge in [-0.05, 0) is 67.1 Å². The molecule has 0 unspecified atom stereocenters. The smallest absolute Gasteiger partial charge is 0.338 e. The van der Waals surface area contributed by atoms with Crippen LogP contribution >= 0.6 is 0 Å². The summed E-state index contributed by atoms with van der Waals surface area (Å²) in [7, 11) is 1.58. The van der Waals surface area contributed by atoms with Gasteiger partial charge < -0.3 is 13.9 Å². The molecule has 0 fully saturated rings. The van der Waals surface area contributed by atoms with E-state index >= 15 is 0 Å². The molecular formula is C25H24O5. The lowest BCUT2D eigenvalue weighted by Gasteiger charge is -2.04. The summed E-state index contributed by atoms with van der Waals surface area (Å²) in [5, 5.41) is 0. The predicted octanol–water partition coefficient (Wildman–Crippen LogP) is 5.81. The van der Waals surface area contributed by atoms with Gasteiger partial charge in [0.2, 0.25) is 0 Å². The molecule has 2 aromatic carbocycles. The Morgan fingerprint density at radius 1 is 0.933 bits per heavy atom. The Bertz CT molecular complexity index is 1010. The van der Waals surface area contributed by atoms with Crippen LogP contribution < -0.4 is 4.74 Å².